The monoisotopic (exact) mass is 403 g/mol. The van der Waals surface area contributed by atoms with Crippen molar-refractivity contribution in [3.8, 4) is 17.1 Å². The zero-order chi connectivity index (χ0) is 20.3. The number of nitrogens with zero attached hydrogens (tertiary/aromatic N) is 3. The number of H-pyrrole nitrogens is 1. The minimum atomic E-state index is -0.285. The highest BCUT2D eigenvalue weighted by Crippen LogP contribution is 2.32. The highest BCUT2D eigenvalue weighted by Gasteiger charge is 2.19. The van der Waals surface area contributed by atoms with Gasteiger partial charge in [0.05, 0.1) is 18.1 Å². The van der Waals surface area contributed by atoms with Crippen LogP contribution >= 0.6 is 0 Å². The van der Waals surface area contributed by atoms with Gasteiger partial charge >= 0.3 is 0 Å². The molecule has 0 spiro atoms. The van der Waals surface area contributed by atoms with Crippen molar-refractivity contribution in [1.82, 2.24) is 25.3 Å². The summed E-state index contributed by atoms with van der Waals surface area (Å²) in [6, 6.07) is 10.5. The van der Waals surface area contributed by atoms with E-state index in [1.54, 1.807) is 24.7 Å². The summed E-state index contributed by atoms with van der Waals surface area (Å²) in [4.78, 5) is 16.9. The second kappa shape index (κ2) is 8.20. The van der Waals surface area contributed by atoms with Crippen LogP contribution in [0.15, 0.2) is 55.0 Å². The normalized spacial score (nSPS) is 14.8. The lowest BCUT2D eigenvalue weighted by Gasteiger charge is -2.21. The van der Waals surface area contributed by atoms with Crippen LogP contribution in [0.5, 0.6) is 5.88 Å². The number of rotatable bonds is 5. The third-order valence-electron chi connectivity index (χ3n) is 5.50. The van der Waals surface area contributed by atoms with Crippen LogP contribution in [-0.2, 0) is 6.61 Å². The van der Waals surface area contributed by atoms with E-state index in [9.17, 15) is 4.39 Å². The summed E-state index contributed by atoms with van der Waals surface area (Å²) in [5.74, 6) is 0.628. The third-order valence-corrected chi connectivity index (χ3v) is 5.50. The van der Waals surface area contributed by atoms with Crippen LogP contribution in [0.3, 0.4) is 0 Å². The highest BCUT2D eigenvalue weighted by molar-refractivity contribution is 5.92. The van der Waals surface area contributed by atoms with Crippen molar-refractivity contribution in [2.75, 3.05) is 13.1 Å². The van der Waals surface area contributed by atoms with Crippen LogP contribution in [0.4, 0.5) is 4.39 Å². The summed E-state index contributed by atoms with van der Waals surface area (Å²) in [6.07, 6.45) is 7.30. The van der Waals surface area contributed by atoms with E-state index < -0.39 is 0 Å². The lowest BCUT2D eigenvalue weighted by Crippen LogP contribution is -2.26. The van der Waals surface area contributed by atoms with Crippen molar-refractivity contribution in [2.24, 2.45) is 0 Å². The first kappa shape index (κ1) is 18.7. The number of aromatic nitrogens is 4. The lowest BCUT2D eigenvalue weighted by molar-refractivity contribution is 0.292. The van der Waals surface area contributed by atoms with Gasteiger partial charge in [0.2, 0.25) is 5.88 Å². The molecule has 0 amide bonds. The molecule has 4 heterocycles. The number of nitrogens with one attached hydrogen (secondary N) is 2. The number of hydrogen-bond acceptors (Lipinski definition) is 5. The summed E-state index contributed by atoms with van der Waals surface area (Å²) < 4.78 is 19.1. The molecule has 3 aromatic heterocycles. The third kappa shape index (κ3) is 3.89. The first-order valence-electron chi connectivity index (χ1n) is 10.1. The number of aromatic amines is 1. The van der Waals surface area contributed by atoms with Gasteiger partial charge in [-0.05, 0) is 55.8 Å². The molecule has 1 aliphatic heterocycles. The van der Waals surface area contributed by atoms with Gasteiger partial charge in [0.25, 0.3) is 0 Å². The van der Waals surface area contributed by atoms with E-state index in [1.165, 1.54) is 17.8 Å². The summed E-state index contributed by atoms with van der Waals surface area (Å²) in [7, 11) is 0. The van der Waals surface area contributed by atoms with Gasteiger partial charge in [-0.1, -0.05) is 12.1 Å². The molecule has 1 fully saturated rings. The molecule has 2 N–H and O–H groups in total. The van der Waals surface area contributed by atoms with Crippen LogP contribution in [0.2, 0.25) is 0 Å². The first-order chi connectivity index (χ1) is 14.8. The zero-order valence-electron chi connectivity index (χ0n) is 16.4. The van der Waals surface area contributed by atoms with Crippen LogP contribution in [0.1, 0.15) is 30.0 Å². The quantitative estimate of drug-likeness (QED) is 0.522. The smallest absolute Gasteiger partial charge is 0.233 e. The average Bonchev–Trinajstić information content (AvgIpc) is 3.23. The molecule has 7 heteroatoms. The summed E-state index contributed by atoms with van der Waals surface area (Å²) in [6.45, 7) is 2.30. The lowest BCUT2D eigenvalue weighted by atomic mass is 9.94. The van der Waals surface area contributed by atoms with E-state index in [4.69, 9.17) is 4.74 Å². The molecule has 5 rings (SSSR count). The molecule has 0 bridgehead atoms. The van der Waals surface area contributed by atoms with Gasteiger partial charge in [-0.25, -0.2) is 14.4 Å². The molecule has 0 atom stereocenters. The fourth-order valence-electron chi connectivity index (χ4n) is 3.95. The van der Waals surface area contributed by atoms with Gasteiger partial charge < -0.3 is 15.0 Å². The van der Waals surface area contributed by atoms with Crippen molar-refractivity contribution >= 4 is 11.0 Å². The van der Waals surface area contributed by atoms with Crippen molar-refractivity contribution in [2.45, 2.75) is 25.4 Å². The Labute approximate surface area is 173 Å². The summed E-state index contributed by atoms with van der Waals surface area (Å²) >= 11 is 0. The summed E-state index contributed by atoms with van der Waals surface area (Å²) in [5, 5.41) is 4.44. The van der Waals surface area contributed by atoms with Crippen LogP contribution in [-0.4, -0.2) is 33.0 Å². The largest absolute Gasteiger partial charge is 0.472 e. The SMILES string of the molecule is Fc1cccc(COc2cncc(-c3ccnc4[nH]c(C5CCNCC5)cc34)n2)c1. The van der Waals surface area contributed by atoms with Crippen LogP contribution < -0.4 is 10.1 Å². The Balaban J connectivity index is 1.42. The number of hydrogen-bond donors (Lipinski definition) is 2. The molecule has 0 unspecified atom stereocenters. The molecule has 1 aliphatic rings. The molecule has 0 aliphatic carbocycles. The van der Waals surface area contributed by atoms with Crippen molar-refractivity contribution in [3.63, 3.8) is 0 Å². The molecule has 6 nitrogen and oxygen atoms in total. The standard InChI is InChI=1S/C23H22FN5O/c24-17-3-1-2-15(10-17)14-30-22-13-26-12-21(28-22)18-6-9-27-23-19(18)11-20(29-23)16-4-7-25-8-5-16/h1-3,6,9-13,16,25H,4-5,7-8,14H2,(H,27,29). The molecule has 30 heavy (non-hydrogen) atoms. The molecule has 4 aromatic rings. The van der Waals surface area contributed by atoms with E-state index in [-0.39, 0.29) is 12.4 Å². The summed E-state index contributed by atoms with van der Waals surface area (Å²) in [5.41, 5.74) is 4.49. The average molecular weight is 403 g/mol. The molecule has 1 saturated heterocycles. The van der Waals surface area contributed by atoms with Crippen LogP contribution in [0, 0.1) is 5.82 Å². The molecular formula is C23H22FN5O. The minimum Gasteiger partial charge on any atom is -0.472 e. The second-order valence-electron chi connectivity index (χ2n) is 7.53. The van der Waals surface area contributed by atoms with E-state index in [2.05, 4.69) is 31.3 Å². The van der Waals surface area contributed by atoms with Crippen LogP contribution in [0.25, 0.3) is 22.3 Å². The van der Waals surface area contributed by atoms with Crippen molar-refractivity contribution in [3.05, 3.63) is 72.1 Å². The maximum Gasteiger partial charge on any atom is 0.233 e. The fraction of sp³-hybridized carbons (Fsp3) is 0.261. The van der Waals surface area contributed by atoms with Gasteiger partial charge in [-0.3, -0.25) is 4.98 Å². The van der Waals surface area contributed by atoms with Gasteiger partial charge in [0.1, 0.15) is 18.1 Å². The number of benzene rings is 1. The molecule has 0 saturated carbocycles. The Bertz CT molecular complexity index is 1170. The zero-order valence-corrected chi connectivity index (χ0v) is 16.4. The van der Waals surface area contributed by atoms with E-state index >= 15 is 0 Å². The predicted octanol–water partition coefficient (Wildman–Crippen LogP) is 4.21. The predicted molar refractivity (Wildman–Crippen MR) is 113 cm³/mol. The van der Waals surface area contributed by atoms with Crippen molar-refractivity contribution < 1.29 is 9.13 Å². The topological polar surface area (TPSA) is 75.7 Å². The van der Waals surface area contributed by atoms with Crippen molar-refractivity contribution in [1.29, 1.82) is 0 Å². The molecule has 1 aromatic carbocycles. The molecule has 152 valence electrons. The van der Waals surface area contributed by atoms with Gasteiger partial charge in [-0.2, -0.15) is 0 Å². The van der Waals surface area contributed by atoms with Gasteiger partial charge in [0.15, 0.2) is 0 Å². The van der Waals surface area contributed by atoms with E-state index in [0.717, 1.165) is 53.8 Å². The van der Waals surface area contributed by atoms with E-state index in [1.807, 2.05) is 12.1 Å². The van der Waals surface area contributed by atoms with Gasteiger partial charge in [0, 0.05) is 28.8 Å². The first-order valence-corrected chi connectivity index (χ1v) is 10.1. The number of ether oxygens (including phenoxy) is 1. The molecule has 0 radical (unpaired) electrons. The Morgan fingerprint density at radius 3 is 2.87 bits per heavy atom. The van der Waals surface area contributed by atoms with E-state index in [0.29, 0.717) is 11.8 Å². The number of pyridine rings is 1. The Kier molecular flexibility index (Phi) is 5.11. The Hall–Kier alpha value is -3.32. The molecular weight excluding hydrogens is 381 g/mol. The number of piperidine rings is 1. The highest BCUT2D eigenvalue weighted by atomic mass is 19.1. The number of halogens is 1. The second-order valence-corrected chi connectivity index (χ2v) is 7.53. The fourth-order valence-corrected chi connectivity index (χ4v) is 3.95. The minimum absolute atomic E-state index is 0.228. The van der Waals surface area contributed by atoms with Gasteiger partial charge in [-0.15, -0.1) is 0 Å². The maximum atomic E-state index is 13.4. The Morgan fingerprint density at radius 1 is 1.10 bits per heavy atom. The number of fused-ring (bicyclic) bond motifs is 1. The maximum absolute atomic E-state index is 13.4. The Morgan fingerprint density at radius 2 is 2.00 bits per heavy atom.